The Hall–Kier alpha value is -3.99. The standard InChI is InChI=1S/C28H23F3N2/c1-19-25(17-18-26(32-19)28(29,30)31)20(2)33-27(23-11-7-4-8-12-23)24-15-13-22(14-16-24)21-9-5-3-6-10-21/h3-18,27,32-33H,1-2H2. The third-order valence-electron chi connectivity index (χ3n) is 5.46. The molecule has 0 saturated heterocycles. The van der Waals surface area contributed by atoms with Gasteiger partial charge in [0.15, 0.2) is 0 Å². The van der Waals surface area contributed by atoms with Gasteiger partial charge in [0.25, 0.3) is 0 Å². The monoisotopic (exact) mass is 444 g/mol. The van der Waals surface area contributed by atoms with Crippen molar-refractivity contribution in [3.05, 3.63) is 144 Å². The number of dihydropyridines is 1. The van der Waals surface area contributed by atoms with E-state index in [9.17, 15) is 13.2 Å². The average molecular weight is 445 g/mol. The molecule has 0 amide bonds. The number of hydrogen-bond donors (Lipinski definition) is 2. The summed E-state index contributed by atoms with van der Waals surface area (Å²) < 4.78 is 39.0. The predicted molar refractivity (Wildman–Crippen MR) is 127 cm³/mol. The summed E-state index contributed by atoms with van der Waals surface area (Å²) in [6.45, 7) is 7.84. The largest absolute Gasteiger partial charge is 0.431 e. The van der Waals surface area contributed by atoms with E-state index in [4.69, 9.17) is 0 Å². The van der Waals surface area contributed by atoms with Crippen molar-refractivity contribution < 1.29 is 13.2 Å². The van der Waals surface area contributed by atoms with Gasteiger partial charge in [0, 0.05) is 17.0 Å². The van der Waals surface area contributed by atoms with E-state index in [2.05, 4.69) is 48.1 Å². The number of nitrogens with one attached hydrogen (secondary N) is 2. The Bertz CT molecular complexity index is 1210. The molecule has 0 fully saturated rings. The number of halogens is 3. The number of alkyl halides is 3. The van der Waals surface area contributed by atoms with E-state index in [-0.39, 0.29) is 11.7 Å². The smallest absolute Gasteiger partial charge is 0.374 e. The molecule has 4 rings (SSSR count). The van der Waals surface area contributed by atoms with Crippen LogP contribution in [0.3, 0.4) is 0 Å². The topological polar surface area (TPSA) is 24.1 Å². The van der Waals surface area contributed by atoms with Gasteiger partial charge in [0.05, 0.1) is 6.04 Å². The summed E-state index contributed by atoms with van der Waals surface area (Å²) in [5, 5.41) is 5.73. The van der Waals surface area contributed by atoms with E-state index in [1.54, 1.807) is 0 Å². The highest BCUT2D eigenvalue weighted by Gasteiger charge is 2.35. The van der Waals surface area contributed by atoms with E-state index >= 15 is 0 Å². The molecule has 1 atom stereocenters. The normalized spacial score (nSPS) is 14.6. The molecule has 1 aliphatic heterocycles. The molecule has 1 aliphatic rings. The van der Waals surface area contributed by atoms with Crippen LogP contribution in [0, 0.1) is 0 Å². The molecule has 166 valence electrons. The van der Waals surface area contributed by atoms with Crippen LogP contribution in [0.4, 0.5) is 13.2 Å². The van der Waals surface area contributed by atoms with Gasteiger partial charge in [-0.1, -0.05) is 98.1 Å². The van der Waals surface area contributed by atoms with Gasteiger partial charge in [0.1, 0.15) is 5.70 Å². The fourth-order valence-corrected chi connectivity index (χ4v) is 3.74. The van der Waals surface area contributed by atoms with E-state index in [1.165, 1.54) is 6.08 Å². The van der Waals surface area contributed by atoms with Crippen LogP contribution in [0.2, 0.25) is 0 Å². The van der Waals surface area contributed by atoms with Gasteiger partial charge in [-0.15, -0.1) is 0 Å². The Balaban J connectivity index is 1.63. The first-order valence-corrected chi connectivity index (χ1v) is 10.4. The molecule has 3 aromatic rings. The van der Waals surface area contributed by atoms with Crippen LogP contribution in [0.5, 0.6) is 0 Å². The van der Waals surface area contributed by atoms with E-state index < -0.39 is 11.9 Å². The molecule has 2 N–H and O–H groups in total. The Labute approximate surface area is 191 Å². The lowest BCUT2D eigenvalue weighted by Crippen LogP contribution is -2.30. The maximum atomic E-state index is 13.0. The molecule has 0 spiro atoms. The zero-order valence-electron chi connectivity index (χ0n) is 17.9. The highest BCUT2D eigenvalue weighted by atomic mass is 19.4. The average Bonchev–Trinajstić information content (AvgIpc) is 2.83. The Morgan fingerprint density at radius 3 is 1.88 bits per heavy atom. The minimum atomic E-state index is -4.47. The second-order valence-corrected chi connectivity index (χ2v) is 7.72. The SMILES string of the molecule is C=C1NC(C(F)(F)F)=CC=C1C(=C)NC(c1ccccc1)c1ccc(-c2ccccc2)cc1. The lowest BCUT2D eigenvalue weighted by molar-refractivity contribution is -0.0958. The zero-order chi connectivity index (χ0) is 23.4. The van der Waals surface area contributed by atoms with Crippen LogP contribution in [0.1, 0.15) is 17.2 Å². The molecule has 5 heteroatoms. The third-order valence-corrected chi connectivity index (χ3v) is 5.46. The summed E-state index contributed by atoms with van der Waals surface area (Å²) in [6.07, 6.45) is -2.08. The zero-order valence-corrected chi connectivity index (χ0v) is 17.9. The number of rotatable bonds is 6. The fourth-order valence-electron chi connectivity index (χ4n) is 3.74. The van der Waals surface area contributed by atoms with Crippen molar-refractivity contribution in [2.45, 2.75) is 12.2 Å². The molecule has 0 bridgehead atoms. The van der Waals surface area contributed by atoms with Crippen LogP contribution in [-0.4, -0.2) is 6.18 Å². The Kier molecular flexibility index (Phi) is 6.22. The van der Waals surface area contributed by atoms with Gasteiger partial charge in [-0.25, -0.2) is 0 Å². The van der Waals surface area contributed by atoms with Gasteiger partial charge in [0.2, 0.25) is 0 Å². The van der Waals surface area contributed by atoms with Crippen molar-refractivity contribution in [2.75, 3.05) is 0 Å². The van der Waals surface area contributed by atoms with Crippen LogP contribution in [0.15, 0.2) is 133 Å². The molecule has 3 aromatic carbocycles. The van der Waals surface area contributed by atoms with Crippen molar-refractivity contribution in [1.82, 2.24) is 10.6 Å². The first-order chi connectivity index (χ1) is 15.8. The molecule has 0 aromatic heterocycles. The number of hydrogen-bond acceptors (Lipinski definition) is 2. The van der Waals surface area contributed by atoms with Crippen molar-refractivity contribution in [3.63, 3.8) is 0 Å². The second kappa shape index (κ2) is 9.25. The van der Waals surface area contributed by atoms with Gasteiger partial charge >= 0.3 is 6.18 Å². The molecular formula is C28H23F3N2. The maximum Gasteiger partial charge on any atom is 0.431 e. The van der Waals surface area contributed by atoms with Crippen molar-refractivity contribution >= 4 is 0 Å². The highest BCUT2D eigenvalue weighted by molar-refractivity contribution is 5.63. The highest BCUT2D eigenvalue weighted by Crippen LogP contribution is 2.31. The number of benzene rings is 3. The summed E-state index contributed by atoms with van der Waals surface area (Å²) in [5.41, 5.74) is 4.50. The van der Waals surface area contributed by atoms with Crippen LogP contribution in [-0.2, 0) is 0 Å². The van der Waals surface area contributed by atoms with Gasteiger partial charge in [-0.3, -0.25) is 0 Å². The minimum absolute atomic E-state index is 0.147. The Morgan fingerprint density at radius 2 is 1.30 bits per heavy atom. The van der Waals surface area contributed by atoms with E-state index in [0.717, 1.165) is 28.3 Å². The minimum Gasteiger partial charge on any atom is -0.374 e. The van der Waals surface area contributed by atoms with Crippen LogP contribution >= 0.6 is 0 Å². The molecule has 1 heterocycles. The predicted octanol–water partition coefficient (Wildman–Crippen LogP) is 7.04. The first-order valence-electron chi connectivity index (χ1n) is 10.4. The van der Waals surface area contributed by atoms with E-state index in [1.807, 2.05) is 60.7 Å². The first kappa shape index (κ1) is 22.2. The van der Waals surface area contributed by atoms with Gasteiger partial charge < -0.3 is 10.6 Å². The van der Waals surface area contributed by atoms with E-state index in [0.29, 0.717) is 11.3 Å². The van der Waals surface area contributed by atoms with Crippen molar-refractivity contribution in [3.8, 4) is 11.1 Å². The molecule has 0 radical (unpaired) electrons. The van der Waals surface area contributed by atoms with Gasteiger partial charge in [-0.2, -0.15) is 13.2 Å². The molecule has 0 saturated carbocycles. The summed E-state index contributed by atoms with van der Waals surface area (Å²) in [6, 6.07) is 27.9. The molecule has 33 heavy (non-hydrogen) atoms. The van der Waals surface area contributed by atoms with Crippen LogP contribution in [0.25, 0.3) is 11.1 Å². The molecule has 1 unspecified atom stereocenters. The molecule has 0 aliphatic carbocycles. The summed E-state index contributed by atoms with van der Waals surface area (Å²) in [5.74, 6) is 0. The van der Waals surface area contributed by atoms with Crippen molar-refractivity contribution in [2.24, 2.45) is 0 Å². The third kappa shape index (κ3) is 5.09. The molecule has 2 nitrogen and oxygen atoms in total. The second-order valence-electron chi connectivity index (χ2n) is 7.72. The fraction of sp³-hybridized carbons (Fsp3) is 0.0714. The van der Waals surface area contributed by atoms with Gasteiger partial charge in [-0.05, 0) is 34.4 Å². The summed E-state index contributed by atoms with van der Waals surface area (Å²) >= 11 is 0. The summed E-state index contributed by atoms with van der Waals surface area (Å²) in [7, 11) is 0. The van der Waals surface area contributed by atoms with Crippen LogP contribution < -0.4 is 10.6 Å². The maximum absolute atomic E-state index is 13.0. The Morgan fingerprint density at radius 1 is 0.758 bits per heavy atom. The lowest BCUT2D eigenvalue weighted by Gasteiger charge is -2.27. The quantitative estimate of drug-likeness (QED) is 0.426. The summed E-state index contributed by atoms with van der Waals surface area (Å²) in [4.78, 5) is 0. The molecular weight excluding hydrogens is 421 g/mol. The van der Waals surface area contributed by atoms with Crippen molar-refractivity contribution in [1.29, 1.82) is 0 Å². The lowest BCUT2D eigenvalue weighted by atomic mass is 9.95. The number of allylic oxidation sites excluding steroid dienone is 3.